The number of halogens is 2. The first-order valence-electron chi connectivity index (χ1n) is 7.17. The van der Waals surface area contributed by atoms with Crippen LogP contribution in [0.15, 0.2) is 42.5 Å². The summed E-state index contributed by atoms with van der Waals surface area (Å²) < 4.78 is 5.06. The fourth-order valence-electron chi connectivity index (χ4n) is 2.00. The van der Waals surface area contributed by atoms with Gasteiger partial charge in [-0.2, -0.15) is 0 Å². The molecule has 24 heavy (non-hydrogen) atoms. The molecule has 0 aromatic heterocycles. The third-order valence-corrected chi connectivity index (χ3v) is 3.82. The first-order chi connectivity index (χ1) is 11.5. The van der Waals surface area contributed by atoms with E-state index in [1.807, 2.05) is 0 Å². The summed E-state index contributed by atoms with van der Waals surface area (Å²) >= 11 is 11.9. The molecule has 2 amide bonds. The summed E-state index contributed by atoms with van der Waals surface area (Å²) in [6.07, 6.45) is 0.494. The lowest BCUT2D eigenvalue weighted by atomic mass is 10.1. The van der Waals surface area contributed by atoms with Crippen molar-refractivity contribution in [3.63, 3.8) is 0 Å². The zero-order chi connectivity index (χ0) is 17.5. The molecule has 0 saturated heterocycles. The number of hydrogen-bond donors (Lipinski definition) is 2. The van der Waals surface area contributed by atoms with Crippen molar-refractivity contribution >= 4 is 40.7 Å². The van der Waals surface area contributed by atoms with Gasteiger partial charge in [-0.3, -0.25) is 9.59 Å². The predicted molar refractivity (Wildman–Crippen MR) is 94.8 cm³/mol. The number of carbonyl (C=O) groups excluding carboxylic acids is 2. The second-order valence-corrected chi connectivity index (χ2v) is 5.77. The lowest BCUT2D eigenvalue weighted by Gasteiger charge is -2.08. The number of carbonyl (C=O) groups is 2. The van der Waals surface area contributed by atoms with Crippen LogP contribution < -0.4 is 15.4 Å². The van der Waals surface area contributed by atoms with E-state index in [0.29, 0.717) is 27.9 Å². The standard InChI is InChI=1S/C17H16Cl2N2O3/c1-24-14-4-2-3-13(10-14)21-17(23)16(22)20-8-7-11-5-6-12(18)9-15(11)19/h2-6,9-10H,7-8H2,1H3,(H,20,22)(H,21,23). The van der Waals surface area contributed by atoms with Gasteiger partial charge in [0.1, 0.15) is 5.75 Å². The highest BCUT2D eigenvalue weighted by Crippen LogP contribution is 2.21. The molecule has 0 spiro atoms. The largest absolute Gasteiger partial charge is 0.497 e. The molecule has 0 aliphatic rings. The maximum absolute atomic E-state index is 11.9. The van der Waals surface area contributed by atoms with Gasteiger partial charge in [-0.15, -0.1) is 0 Å². The highest BCUT2D eigenvalue weighted by atomic mass is 35.5. The molecule has 0 bridgehead atoms. The van der Waals surface area contributed by atoms with E-state index in [1.54, 1.807) is 42.5 Å². The molecule has 7 heteroatoms. The fourth-order valence-corrected chi connectivity index (χ4v) is 2.51. The van der Waals surface area contributed by atoms with Gasteiger partial charge in [0.05, 0.1) is 7.11 Å². The highest BCUT2D eigenvalue weighted by Gasteiger charge is 2.13. The molecule has 0 radical (unpaired) electrons. The maximum Gasteiger partial charge on any atom is 0.313 e. The van der Waals surface area contributed by atoms with Crippen LogP contribution in [0.25, 0.3) is 0 Å². The van der Waals surface area contributed by atoms with E-state index < -0.39 is 11.8 Å². The molecule has 2 rings (SSSR count). The van der Waals surface area contributed by atoms with E-state index in [4.69, 9.17) is 27.9 Å². The van der Waals surface area contributed by atoms with Gasteiger partial charge in [-0.25, -0.2) is 0 Å². The Hall–Kier alpha value is -2.24. The Labute approximate surface area is 149 Å². The second kappa shape index (κ2) is 8.57. The molecule has 0 saturated carbocycles. The summed E-state index contributed by atoms with van der Waals surface area (Å²) in [5, 5.41) is 6.13. The van der Waals surface area contributed by atoms with E-state index in [9.17, 15) is 9.59 Å². The third kappa shape index (κ3) is 5.15. The van der Waals surface area contributed by atoms with Crippen LogP contribution in [0.5, 0.6) is 5.75 Å². The van der Waals surface area contributed by atoms with Crippen LogP contribution in [0.4, 0.5) is 5.69 Å². The van der Waals surface area contributed by atoms with E-state index in [2.05, 4.69) is 10.6 Å². The van der Waals surface area contributed by atoms with E-state index in [-0.39, 0.29) is 6.54 Å². The minimum absolute atomic E-state index is 0.283. The van der Waals surface area contributed by atoms with Crippen LogP contribution in [-0.4, -0.2) is 25.5 Å². The van der Waals surface area contributed by atoms with Crippen molar-refractivity contribution in [3.05, 3.63) is 58.1 Å². The predicted octanol–water partition coefficient (Wildman–Crippen LogP) is 3.30. The second-order valence-electron chi connectivity index (χ2n) is 4.93. The van der Waals surface area contributed by atoms with Gasteiger partial charge in [0.15, 0.2) is 0 Å². The number of amides is 2. The topological polar surface area (TPSA) is 67.4 Å². The van der Waals surface area contributed by atoms with Crippen LogP contribution in [0.1, 0.15) is 5.56 Å². The SMILES string of the molecule is COc1cccc(NC(=O)C(=O)NCCc2ccc(Cl)cc2Cl)c1. The van der Waals surface area contributed by atoms with Crippen LogP contribution in [0.2, 0.25) is 10.0 Å². The molecule has 2 aromatic rings. The molecule has 0 atom stereocenters. The molecule has 2 aromatic carbocycles. The van der Waals surface area contributed by atoms with Crippen molar-refractivity contribution < 1.29 is 14.3 Å². The Kier molecular flexibility index (Phi) is 6.46. The van der Waals surface area contributed by atoms with E-state index in [0.717, 1.165) is 5.56 Å². The normalized spacial score (nSPS) is 10.1. The quantitative estimate of drug-likeness (QED) is 0.797. The van der Waals surface area contributed by atoms with Crippen LogP contribution >= 0.6 is 23.2 Å². The highest BCUT2D eigenvalue weighted by molar-refractivity contribution is 6.39. The zero-order valence-electron chi connectivity index (χ0n) is 12.9. The molecule has 0 fully saturated rings. The Bertz CT molecular complexity index is 750. The lowest BCUT2D eigenvalue weighted by molar-refractivity contribution is -0.136. The average Bonchev–Trinajstić information content (AvgIpc) is 2.56. The van der Waals surface area contributed by atoms with Crippen molar-refractivity contribution in [2.24, 2.45) is 0 Å². The summed E-state index contributed by atoms with van der Waals surface area (Å²) in [4.78, 5) is 23.7. The van der Waals surface area contributed by atoms with Gasteiger partial charge in [0, 0.05) is 28.3 Å². The number of rotatable bonds is 5. The molecule has 0 unspecified atom stereocenters. The fraction of sp³-hybridized carbons (Fsp3) is 0.176. The molecule has 126 valence electrons. The molecule has 0 aliphatic heterocycles. The number of hydrogen-bond acceptors (Lipinski definition) is 3. The van der Waals surface area contributed by atoms with Crippen molar-refractivity contribution in [3.8, 4) is 5.75 Å². The average molecular weight is 367 g/mol. The number of ether oxygens (including phenoxy) is 1. The Morgan fingerprint density at radius 1 is 1.08 bits per heavy atom. The maximum atomic E-state index is 11.9. The summed E-state index contributed by atoms with van der Waals surface area (Å²) in [7, 11) is 1.52. The van der Waals surface area contributed by atoms with Crippen LogP contribution in [0, 0.1) is 0 Å². The first-order valence-corrected chi connectivity index (χ1v) is 7.92. The molecular weight excluding hydrogens is 351 g/mol. The summed E-state index contributed by atoms with van der Waals surface area (Å²) in [6.45, 7) is 0.283. The van der Waals surface area contributed by atoms with Gasteiger partial charge < -0.3 is 15.4 Å². The summed E-state index contributed by atoms with van der Waals surface area (Å²) in [6, 6.07) is 11.9. The Morgan fingerprint density at radius 3 is 2.58 bits per heavy atom. The van der Waals surface area contributed by atoms with E-state index >= 15 is 0 Å². The molecule has 0 heterocycles. The first kappa shape index (κ1) is 18.1. The number of nitrogens with one attached hydrogen (secondary N) is 2. The lowest BCUT2D eigenvalue weighted by Crippen LogP contribution is -2.36. The monoisotopic (exact) mass is 366 g/mol. The number of methoxy groups -OCH3 is 1. The number of benzene rings is 2. The third-order valence-electron chi connectivity index (χ3n) is 3.23. The Balaban J connectivity index is 1.84. The zero-order valence-corrected chi connectivity index (χ0v) is 14.4. The molecule has 5 nitrogen and oxygen atoms in total. The van der Waals surface area contributed by atoms with Gasteiger partial charge in [0.2, 0.25) is 0 Å². The molecule has 0 aliphatic carbocycles. The van der Waals surface area contributed by atoms with Crippen LogP contribution in [-0.2, 0) is 16.0 Å². The van der Waals surface area contributed by atoms with E-state index in [1.165, 1.54) is 7.11 Å². The smallest absolute Gasteiger partial charge is 0.313 e. The van der Waals surface area contributed by atoms with Gasteiger partial charge in [-0.1, -0.05) is 35.3 Å². The molecular formula is C17H16Cl2N2O3. The van der Waals surface area contributed by atoms with Gasteiger partial charge >= 0.3 is 11.8 Å². The van der Waals surface area contributed by atoms with Crippen LogP contribution in [0.3, 0.4) is 0 Å². The minimum atomic E-state index is -0.745. The summed E-state index contributed by atoms with van der Waals surface area (Å²) in [5.74, 6) is -0.876. The van der Waals surface area contributed by atoms with Crippen molar-refractivity contribution in [1.82, 2.24) is 5.32 Å². The van der Waals surface area contributed by atoms with Gasteiger partial charge in [0.25, 0.3) is 0 Å². The van der Waals surface area contributed by atoms with Crippen molar-refractivity contribution in [1.29, 1.82) is 0 Å². The summed E-state index contributed by atoms with van der Waals surface area (Å²) in [5.41, 5.74) is 1.32. The van der Waals surface area contributed by atoms with Gasteiger partial charge in [-0.05, 0) is 36.2 Å². The number of anilines is 1. The molecule has 2 N–H and O–H groups in total. The Morgan fingerprint density at radius 2 is 1.88 bits per heavy atom. The minimum Gasteiger partial charge on any atom is -0.497 e. The van der Waals surface area contributed by atoms with Crippen molar-refractivity contribution in [2.45, 2.75) is 6.42 Å². The van der Waals surface area contributed by atoms with Crippen molar-refractivity contribution in [2.75, 3.05) is 19.0 Å².